The number of carbonyl (C=O) groups is 6. The number of hydrogen-bond donors (Lipinski definition) is 7. The number of nitrogens with zero attached hydrogens (tertiary/aromatic N) is 6. The third-order valence-corrected chi connectivity index (χ3v) is 12.1. The number of rotatable bonds is 16. The molecule has 5 aromatic carbocycles. The number of halogens is 3. The zero-order chi connectivity index (χ0) is 54.7. The summed E-state index contributed by atoms with van der Waals surface area (Å²) in [7, 11) is 4.99. The van der Waals surface area contributed by atoms with Gasteiger partial charge >= 0.3 is 78.8 Å². The number of carboxylic acid groups (broad SMARTS) is 4. The summed E-state index contributed by atoms with van der Waals surface area (Å²) in [5, 5.41) is 41.8. The van der Waals surface area contributed by atoms with Crippen molar-refractivity contribution in [2.45, 2.75) is 51.6 Å². The number of aromatic nitrogens is 5. The Labute approximate surface area is 510 Å². The number of carboxylic acids is 4. The number of carbonyl (C=O) groups excluding carboxylic acids is 2. The molecule has 0 fully saturated rings. The molecule has 0 radical (unpaired) electrons. The fraction of sp³-hybridized carbons (Fsp3) is 0.208. The number of aliphatic carboxylic acids is 4. The number of amides is 1. The zero-order valence-corrected chi connectivity index (χ0v) is 55.1. The minimum atomic E-state index is -1.30. The number of ether oxygens (including phenoxy) is 2. The molecular formula is C53H52CdCl3HgN9O12+2. The number of benzene rings is 5. The molecule has 8 rings (SSSR count). The van der Waals surface area contributed by atoms with Crippen LogP contribution in [0.4, 0.5) is 17.5 Å². The maximum atomic E-state index is 13.0. The van der Waals surface area contributed by atoms with Gasteiger partial charge in [0.25, 0.3) is 11.8 Å². The van der Waals surface area contributed by atoms with Crippen molar-refractivity contribution in [3.63, 3.8) is 0 Å². The molecule has 21 nitrogen and oxygen atoms in total. The molecule has 0 aliphatic rings. The molecule has 0 spiro atoms. The Morgan fingerprint density at radius 3 is 1.95 bits per heavy atom. The van der Waals surface area contributed by atoms with E-state index >= 15 is 0 Å². The molecule has 404 valence electrons. The van der Waals surface area contributed by atoms with Crippen LogP contribution in [-0.2, 0) is 87.1 Å². The van der Waals surface area contributed by atoms with Gasteiger partial charge in [0.1, 0.15) is 17.5 Å². The first-order valence-electron chi connectivity index (χ1n) is 22.8. The second-order valence-corrected chi connectivity index (χ2v) is 17.3. The summed E-state index contributed by atoms with van der Waals surface area (Å²) in [5.41, 5.74) is 16.8. The SMILES string of the molecule is CN(Cc1cnc2nc(N)nc(N)c2n1)c1ccc(C(=O)N[C@@H](CCC(=O)O)C(=O)O)cc1.COc1ccc2c(c1)c(CC(=O)O)c(C)n2C(=O)c1ccc(Cl)cc1.COc1ccc2cc([C@H](C)C(=O)O)ccc2c1.[Cd+2].[Cl-].[Cl-].[Hg+2]. The minimum Gasteiger partial charge on any atom is -1.00 e. The molecule has 0 bridgehead atoms. The van der Waals surface area contributed by atoms with Crippen LogP contribution in [0.15, 0.2) is 109 Å². The van der Waals surface area contributed by atoms with Crippen LogP contribution >= 0.6 is 11.6 Å². The van der Waals surface area contributed by atoms with E-state index < -0.39 is 41.7 Å². The van der Waals surface area contributed by atoms with Crippen LogP contribution in [0.5, 0.6) is 11.5 Å². The molecule has 3 aromatic heterocycles. The Balaban J connectivity index is 0.000000414. The average molecular weight is 1430 g/mol. The predicted octanol–water partition coefficient (Wildman–Crippen LogP) is 1.24. The van der Waals surface area contributed by atoms with E-state index in [4.69, 9.17) is 42.8 Å². The number of nitrogens with one attached hydrogen (secondary N) is 1. The van der Waals surface area contributed by atoms with Gasteiger partial charge in [-0.25, -0.2) is 14.8 Å². The molecule has 0 saturated heterocycles. The van der Waals surface area contributed by atoms with E-state index in [-0.39, 0.29) is 122 Å². The summed E-state index contributed by atoms with van der Waals surface area (Å²) in [6.45, 7) is 3.81. The molecular weight excluding hydrogens is 1370 g/mol. The van der Waals surface area contributed by atoms with E-state index in [1.165, 1.54) is 16.7 Å². The summed E-state index contributed by atoms with van der Waals surface area (Å²) in [4.78, 5) is 87.9. The molecule has 2 atom stereocenters. The molecule has 9 N–H and O–H groups in total. The van der Waals surface area contributed by atoms with Crippen LogP contribution in [0.2, 0.25) is 5.02 Å². The molecule has 0 saturated carbocycles. The van der Waals surface area contributed by atoms with Crippen molar-refractivity contribution in [2.24, 2.45) is 0 Å². The topological polar surface area (TPSA) is 326 Å². The number of methoxy groups -OCH3 is 2. The molecule has 26 heteroatoms. The first-order valence-corrected chi connectivity index (χ1v) is 23.2. The largest absolute Gasteiger partial charge is 2.00 e. The van der Waals surface area contributed by atoms with Crippen molar-refractivity contribution in [2.75, 3.05) is 37.6 Å². The third-order valence-electron chi connectivity index (χ3n) is 11.8. The quantitative estimate of drug-likeness (QED) is 0.0669. The van der Waals surface area contributed by atoms with Crippen LogP contribution in [0, 0.1) is 6.92 Å². The van der Waals surface area contributed by atoms with Gasteiger partial charge in [-0.1, -0.05) is 35.9 Å². The summed E-state index contributed by atoms with van der Waals surface area (Å²) >= 11 is 5.89. The second-order valence-electron chi connectivity index (χ2n) is 16.9. The molecule has 0 unspecified atom stereocenters. The number of hydrogen-bond acceptors (Lipinski definition) is 15. The maximum Gasteiger partial charge on any atom is 2.00 e. The van der Waals surface area contributed by atoms with Crippen LogP contribution < -0.4 is 56.0 Å². The summed E-state index contributed by atoms with van der Waals surface area (Å²) in [5.74, 6) is -3.98. The van der Waals surface area contributed by atoms with E-state index in [1.54, 1.807) is 88.9 Å². The summed E-state index contributed by atoms with van der Waals surface area (Å²) in [6.07, 6.45) is 0.794. The molecule has 3 heterocycles. The third kappa shape index (κ3) is 17.8. The van der Waals surface area contributed by atoms with Crippen molar-refractivity contribution >= 4 is 97.6 Å². The average Bonchev–Trinajstić information content (AvgIpc) is 3.65. The molecule has 1 amide bonds. The van der Waals surface area contributed by atoms with E-state index in [0.717, 1.165) is 27.8 Å². The van der Waals surface area contributed by atoms with Gasteiger partial charge in [0.15, 0.2) is 17.0 Å². The molecule has 8 aromatic rings. The number of nitrogens with two attached hydrogens (primary N) is 2. The summed E-state index contributed by atoms with van der Waals surface area (Å²) < 4.78 is 11.9. The van der Waals surface area contributed by atoms with Crippen molar-refractivity contribution < 1.29 is 138 Å². The fourth-order valence-corrected chi connectivity index (χ4v) is 7.88. The Bertz CT molecular complexity index is 3470. The maximum absolute atomic E-state index is 13.0. The van der Waals surface area contributed by atoms with Gasteiger partial charge in [-0.15, -0.1) is 0 Å². The van der Waals surface area contributed by atoms with Crippen molar-refractivity contribution in [1.82, 2.24) is 29.8 Å². The fourth-order valence-electron chi connectivity index (χ4n) is 7.76. The number of nitrogen functional groups attached to an aromatic ring is 2. The van der Waals surface area contributed by atoms with E-state index in [0.29, 0.717) is 61.9 Å². The van der Waals surface area contributed by atoms with Gasteiger partial charge in [-0.05, 0) is 121 Å². The van der Waals surface area contributed by atoms with Crippen LogP contribution in [-0.4, -0.2) is 108 Å². The standard InChI is InChI=1S/C20H22N8O5.C19H16ClNO4.C14H14O3.Cd.2ClH.Hg/c1-28(9-11-8-23-17-15(24-11)16(21)26-20(22)27-17)12-4-2-10(3-5-12)18(31)25-13(19(32)33)6-7-14(29)30;1-11-15(10-18(22)23)16-9-14(25-2)7-8-17(16)21(11)19(24)12-3-5-13(20)6-4-12;1-9(14(15)16)10-3-4-12-8-13(17-2)6-5-11(12)7-10;;;;/h2-5,8,13H,6-7,9H2,1H3,(H,25,31)(H,29,30)(H,32,33)(H4,21,22,23,26,27);3-9H,10H2,1-2H3,(H,22,23);3-9H,1-2H3,(H,15,16);;2*1H;/q;;;+2;;;+2/p-2/t13-;;9-;;;;/m0.0..../s1. The minimum absolute atomic E-state index is 0. The van der Waals surface area contributed by atoms with E-state index in [1.807, 2.05) is 48.3 Å². The zero-order valence-electron chi connectivity index (χ0n) is 43.3. The normalized spacial score (nSPS) is 11.0. The van der Waals surface area contributed by atoms with Crippen LogP contribution in [0.25, 0.3) is 32.8 Å². The van der Waals surface area contributed by atoms with Crippen LogP contribution in [0.1, 0.15) is 68.9 Å². The Morgan fingerprint density at radius 2 is 1.35 bits per heavy atom. The summed E-state index contributed by atoms with van der Waals surface area (Å²) in [6, 6.07) is 28.5. The molecule has 0 aliphatic heterocycles. The first kappa shape index (κ1) is 68.2. The van der Waals surface area contributed by atoms with Gasteiger partial charge in [-0.2, -0.15) is 9.97 Å². The Hall–Kier alpha value is -6.93. The first-order chi connectivity index (χ1) is 35.7. The Kier molecular flexibility index (Phi) is 26.8. The van der Waals surface area contributed by atoms with Gasteiger partial charge in [0.2, 0.25) is 5.95 Å². The van der Waals surface area contributed by atoms with Crippen molar-refractivity contribution in [3.8, 4) is 11.5 Å². The van der Waals surface area contributed by atoms with Gasteiger partial charge in [0, 0.05) is 46.4 Å². The smallest absolute Gasteiger partial charge is 1.00 e. The van der Waals surface area contributed by atoms with E-state index in [9.17, 15) is 39.0 Å². The van der Waals surface area contributed by atoms with Gasteiger partial charge in [0.05, 0.1) is 50.5 Å². The molecule has 79 heavy (non-hydrogen) atoms. The van der Waals surface area contributed by atoms with Crippen LogP contribution in [0.3, 0.4) is 0 Å². The number of anilines is 3. The van der Waals surface area contributed by atoms with Gasteiger partial charge < -0.3 is 76.4 Å². The van der Waals surface area contributed by atoms with Crippen molar-refractivity contribution in [3.05, 3.63) is 148 Å². The Morgan fingerprint density at radius 1 is 0.759 bits per heavy atom. The molecule has 0 aliphatic carbocycles. The van der Waals surface area contributed by atoms with E-state index in [2.05, 4.69) is 25.3 Å². The second kappa shape index (κ2) is 31.0. The number of fused-ring (bicyclic) bond motifs is 3. The van der Waals surface area contributed by atoms with Gasteiger partial charge in [-0.3, -0.25) is 28.5 Å². The van der Waals surface area contributed by atoms with Crippen molar-refractivity contribution in [1.29, 1.82) is 0 Å². The monoisotopic (exact) mass is 1430 g/mol. The predicted molar refractivity (Wildman–Crippen MR) is 281 cm³/mol.